The number of hydrogen-bond donors (Lipinski definition) is 1. The molecule has 2 aromatic carbocycles. The number of morpholine rings is 1. The van der Waals surface area contributed by atoms with Crippen molar-refractivity contribution in [1.82, 2.24) is 4.90 Å². The number of benzene rings is 2. The lowest BCUT2D eigenvalue weighted by molar-refractivity contribution is -0.180. The zero-order chi connectivity index (χ0) is 26.8. The van der Waals surface area contributed by atoms with E-state index in [1.54, 1.807) is 68.1 Å². The van der Waals surface area contributed by atoms with Gasteiger partial charge in [-0.3, -0.25) is 9.59 Å². The third-order valence-corrected chi connectivity index (χ3v) is 9.59. The maximum atomic E-state index is 13.8. The summed E-state index contributed by atoms with van der Waals surface area (Å²) < 4.78 is 31.7. The predicted molar refractivity (Wildman–Crippen MR) is 142 cm³/mol. The number of primary amides is 1. The molecule has 1 fully saturated rings. The Balaban J connectivity index is 2.21. The van der Waals surface area contributed by atoms with Crippen molar-refractivity contribution in [2.24, 2.45) is 5.73 Å². The van der Waals surface area contributed by atoms with Gasteiger partial charge in [-0.25, -0.2) is 8.42 Å². The number of nitrogens with two attached hydrogens (primary N) is 1. The monoisotopic (exact) mass is 554 g/mol. The van der Waals surface area contributed by atoms with Gasteiger partial charge in [0.05, 0.1) is 23.0 Å². The van der Waals surface area contributed by atoms with Gasteiger partial charge in [0.2, 0.25) is 5.91 Å². The van der Waals surface area contributed by atoms with E-state index in [0.717, 1.165) is 0 Å². The Morgan fingerprint density at radius 2 is 1.72 bits per heavy atom. The number of carbonyl (C=O) groups is 2. The molecule has 0 bridgehead atoms. The summed E-state index contributed by atoms with van der Waals surface area (Å²) in [7, 11) is -3.59. The van der Waals surface area contributed by atoms with Gasteiger partial charge < -0.3 is 15.4 Å². The summed E-state index contributed by atoms with van der Waals surface area (Å²) in [5.41, 5.74) is 6.84. The number of halogens is 2. The van der Waals surface area contributed by atoms with Crippen LogP contribution in [0.15, 0.2) is 48.5 Å². The van der Waals surface area contributed by atoms with Crippen molar-refractivity contribution < 1.29 is 22.7 Å². The fourth-order valence-electron chi connectivity index (χ4n) is 4.32. The minimum Gasteiger partial charge on any atom is -0.370 e. The van der Waals surface area contributed by atoms with Crippen molar-refractivity contribution in [3.05, 3.63) is 69.7 Å². The van der Waals surface area contributed by atoms with Gasteiger partial charge in [-0.2, -0.15) is 0 Å². The normalized spacial score (nSPS) is 21.9. The topological polar surface area (TPSA) is 107 Å². The molecule has 1 unspecified atom stereocenters. The molecule has 36 heavy (non-hydrogen) atoms. The first-order valence-corrected chi connectivity index (χ1v) is 14.1. The molecule has 7 nitrogen and oxygen atoms in total. The molecule has 1 heterocycles. The van der Waals surface area contributed by atoms with E-state index in [9.17, 15) is 18.0 Å². The third-order valence-electron chi connectivity index (χ3n) is 6.41. The molecule has 10 heteroatoms. The van der Waals surface area contributed by atoms with Gasteiger partial charge in [-0.15, -0.1) is 0 Å². The highest BCUT2D eigenvalue weighted by Crippen LogP contribution is 2.45. The van der Waals surface area contributed by atoms with Gasteiger partial charge in [0.1, 0.15) is 12.2 Å². The van der Waals surface area contributed by atoms with Crippen LogP contribution in [-0.2, 0) is 24.2 Å². The highest BCUT2D eigenvalue weighted by molar-refractivity contribution is 7.92. The lowest BCUT2D eigenvalue weighted by atomic mass is 9.89. The van der Waals surface area contributed by atoms with E-state index in [1.807, 2.05) is 13.0 Å². The number of ether oxygens (including phenoxy) is 1. The maximum absolute atomic E-state index is 13.8. The second-order valence-electron chi connectivity index (χ2n) is 9.97. The summed E-state index contributed by atoms with van der Waals surface area (Å²) in [6, 6.07) is 12.7. The van der Waals surface area contributed by atoms with Crippen LogP contribution in [0.3, 0.4) is 0 Å². The number of amides is 2. The van der Waals surface area contributed by atoms with Gasteiger partial charge in [-0.05, 0) is 62.6 Å². The first-order chi connectivity index (χ1) is 16.7. The largest absolute Gasteiger partial charge is 0.370 e. The minimum absolute atomic E-state index is 0.242. The molecule has 1 saturated heterocycles. The number of carbonyl (C=O) groups excluding carboxylic acids is 2. The van der Waals surface area contributed by atoms with Gasteiger partial charge >= 0.3 is 0 Å². The summed E-state index contributed by atoms with van der Waals surface area (Å²) in [6.07, 6.45) is -1.86. The van der Waals surface area contributed by atoms with E-state index in [1.165, 1.54) is 0 Å². The molecule has 0 spiro atoms. The summed E-state index contributed by atoms with van der Waals surface area (Å²) in [6.45, 7) is 6.74. The van der Waals surface area contributed by atoms with Crippen LogP contribution in [0.25, 0.3) is 0 Å². The molecule has 1 aliphatic heterocycles. The average Bonchev–Trinajstić information content (AvgIpc) is 2.78. The van der Waals surface area contributed by atoms with Crippen molar-refractivity contribution in [2.45, 2.75) is 69.6 Å². The number of hydrogen-bond acceptors (Lipinski definition) is 5. The zero-order valence-electron chi connectivity index (χ0n) is 20.8. The number of nitrogens with zero attached hydrogens (tertiary/aromatic N) is 1. The molecule has 0 radical (unpaired) electrons. The van der Waals surface area contributed by atoms with Crippen LogP contribution in [0.2, 0.25) is 10.0 Å². The van der Waals surface area contributed by atoms with Crippen LogP contribution in [-0.4, -0.2) is 47.8 Å². The maximum Gasteiger partial charge on any atom is 0.253 e. The molecular weight excluding hydrogens is 523 g/mol. The first-order valence-electron chi connectivity index (χ1n) is 11.7. The Kier molecular flexibility index (Phi) is 8.76. The number of rotatable bonds is 8. The van der Waals surface area contributed by atoms with Crippen LogP contribution in [0.5, 0.6) is 0 Å². The molecule has 2 N–H and O–H groups in total. The highest BCUT2D eigenvalue weighted by Gasteiger charge is 2.48. The van der Waals surface area contributed by atoms with E-state index >= 15 is 0 Å². The van der Waals surface area contributed by atoms with Gasteiger partial charge in [0.15, 0.2) is 9.84 Å². The van der Waals surface area contributed by atoms with Crippen molar-refractivity contribution in [3.8, 4) is 0 Å². The lowest BCUT2D eigenvalue weighted by Crippen LogP contribution is -2.57. The first kappa shape index (κ1) is 28.4. The molecule has 2 aromatic rings. The second-order valence-corrected chi connectivity index (χ2v) is 13.6. The Bertz CT molecular complexity index is 1210. The highest BCUT2D eigenvalue weighted by atomic mass is 35.5. The predicted octanol–water partition coefficient (Wildman–Crippen LogP) is 4.87. The summed E-state index contributed by atoms with van der Waals surface area (Å²) in [5.74, 6) is -1.42. The van der Waals surface area contributed by atoms with Crippen molar-refractivity contribution in [2.75, 3.05) is 5.75 Å². The quantitative estimate of drug-likeness (QED) is 0.500. The molecule has 4 atom stereocenters. The van der Waals surface area contributed by atoms with E-state index in [4.69, 9.17) is 33.7 Å². The molecule has 0 saturated carbocycles. The van der Waals surface area contributed by atoms with E-state index < -0.39 is 50.7 Å². The van der Waals surface area contributed by atoms with E-state index in [2.05, 4.69) is 0 Å². The van der Waals surface area contributed by atoms with E-state index in [0.29, 0.717) is 27.6 Å². The van der Waals surface area contributed by atoms with Gasteiger partial charge in [0.25, 0.3) is 5.91 Å². The minimum atomic E-state index is -3.59. The van der Waals surface area contributed by atoms with Crippen LogP contribution in [0.1, 0.15) is 63.8 Å². The molecule has 0 aromatic heterocycles. The Morgan fingerprint density at radius 3 is 2.25 bits per heavy atom. The third kappa shape index (κ3) is 6.22. The average molecular weight is 556 g/mol. The van der Waals surface area contributed by atoms with Crippen molar-refractivity contribution in [1.29, 1.82) is 0 Å². The standard InChI is InChI=1S/C26H32Cl2N2O5S/c1-5-20(15-36(33,34)26(2,3)4)30-23(16-9-11-18(27)12-10-16)24(17-7-6-8-19(28)13-17)35-21(25(30)32)14-22(29)31/h6-13,20-21,23-24H,5,14-15H2,1-4H3,(H2,29,31)/t20?,21-,23-,24-/m1/s1. The Morgan fingerprint density at radius 1 is 1.08 bits per heavy atom. The van der Waals surface area contributed by atoms with Crippen molar-refractivity contribution >= 4 is 44.9 Å². The Hall–Kier alpha value is -2.13. The van der Waals surface area contributed by atoms with Crippen LogP contribution >= 0.6 is 23.2 Å². The molecule has 0 aliphatic carbocycles. The van der Waals surface area contributed by atoms with Gasteiger partial charge in [0, 0.05) is 16.1 Å². The van der Waals surface area contributed by atoms with Crippen LogP contribution in [0, 0.1) is 0 Å². The molecular formula is C26H32Cl2N2O5S. The summed E-state index contributed by atoms with van der Waals surface area (Å²) >= 11 is 12.4. The molecule has 3 rings (SSSR count). The van der Waals surface area contributed by atoms with E-state index in [-0.39, 0.29) is 12.2 Å². The lowest BCUT2D eigenvalue weighted by Gasteiger charge is -2.48. The summed E-state index contributed by atoms with van der Waals surface area (Å²) in [4.78, 5) is 27.2. The molecule has 1 aliphatic rings. The van der Waals surface area contributed by atoms with Crippen molar-refractivity contribution in [3.63, 3.8) is 0 Å². The summed E-state index contributed by atoms with van der Waals surface area (Å²) in [5, 5.41) is 0.991. The SMILES string of the molecule is CCC(CS(=O)(=O)C(C)(C)C)N1C(=O)[C@@H](CC(N)=O)O[C@H](c2cccc(Cl)c2)[C@H]1c1ccc(Cl)cc1. The smallest absolute Gasteiger partial charge is 0.253 e. The fourth-order valence-corrected chi connectivity index (χ4v) is 6.05. The van der Waals surface area contributed by atoms with Crippen LogP contribution < -0.4 is 5.73 Å². The number of sulfone groups is 1. The van der Waals surface area contributed by atoms with Gasteiger partial charge in [-0.1, -0.05) is 54.4 Å². The fraction of sp³-hybridized carbons (Fsp3) is 0.462. The molecule has 196 valence electrons. The molecule has 2 amide bonds. The zero-order valence-corrected chi connectivity index (χ0v) is 23.1. The Labute approximate surface area is 222 Å². The second kappa shape index (κ2) is 11.1. The van der Waals surface area contributed by atoms with Crippen LogP contribution in [0.4, 0.5) is 0 Å².